The van der Waals surface area contributed by atoms with Crippen LogP contribution < -0.4 is 25.8 Å². The van der Waals surface area contributed by atoms with Crippen LogP contribution in [-0.4, -0.2) is 61.1 Å². The Kier molecular flexibility index (Phi) is 13.6. The van der Waals surface area contributed by atoms with E-state index in [2.05, 4.69) is 29.5 Å². The first-order valence-corrected chi connectivity index (χ1v) is 13.2. The molecule has 1 unspecified atom stereocenters. The number of rotatable bonds is 18. The number of hydrogen-bond donors (Lipinski definition) is 4. The Morgan fingerprint density at radius 3 is 2.47 bits per heavy atom. The van der Waals surface area contributed by atoms with Gasteiger partial charge < -0.3 is 30.4 Å². The predicted octanol–water partition coefficient (Wildman–Crippen LogP) is 3.81. The lowest BCUT2D eigenvalue weighted by atomic mass is 9.95. The second-order valence-corrected chi connectivity index (χ2v) is 9.38. The van der Waals surface area contributed by atoms with Gasteiger partial charge in [-0.05, 0) is 36.6 Å². The van der Waals surface area contributed by atoms with Crippen molar-refractivity contribution in [1.29, 1.82) is 0 Å². The molecule has 1 aromatic carbocycles. The van der Waals surface area contributed by atoms with E-state index >= 15 is 0 Å². The molecule has 0 radical (unpaired) electrons. The van der Waals surface area contributed by atoms with Crippen LogP contribution in [-0.2, 0) is 4.74 Å². The first-order valence-electron chi connectivity index (χ1n) is 12.3. The molecule has 0 fully saturated rings. The average molecular weight is 523 g/mol. The molecule has 11 heteroatoms. The number of hydrogen-bond acceptors (Lipinski definition) is 9. The van der Waals surface area contributed by atoms with Crippen molar-refractivity contribution in [1.82, 2.24) is 10.3 Å². The van der Waals surface area contributed by atoms with Crippen LogP contribution in [0, 0.1) is 5.92 Å². The summed E-state index contributed by atoms with van der Waals surface area (Å²) in [6.07, 6.45) is 5.68. The number of nitrogens with one attached hydrogen (secondary N) is 2. The van der Waals surface area contributed by atoms with E-state index in [0.29, 0.717) is 53.7 Å². The number of nitrogens with zero attached hydrogens (tertiary/aromatic N) is 1. The number of aromatic nitrogens is 1. The summed E-state index contributed by atoms with van der Waals surface area (Å²) >= 11 is 1.17. The Labute approximate surface area is 216 Å². The maximum Gasteiger partial charge on any atom is 0.412 e. The van der Waals surface area contributed by atoms with Crippen molar-refractivity contribution in [2.24, 2.45) is 11.7 Å². The van der Waals surface area contributed by atoms with Gasteiger partial charge in [-0.25, -0.2) is 9.78 Å². The van der Waals surface area contributed by atoms with Crippen molar-refractivity contribution in [2.75, 3.05) is 38.2 Å². The minimum absolute atomic E-state index is 0.0517. The molecule has 2 amide bonds. The number of nitrogens with two attached hydrogens (primary N) is 1. The number of anilines is 1. The number of benzene rings is 1. The van der Waals surface area contributed by atoms with Gasteiger partial charge in [0.15, 0.2) is 0 Å². The Hall–Kier alpha value is -2.89. The smallest absolute Gasteiger partial charge is 0.412 e. The Balaban J connectivity index is 1.57. The molecule has 0 spiro atoms. The molecule has 1 aromatic heterocycles. The number of aliphatic hydroxyl groups is 1. The standard InChI is InChI=1S/C25H38N4O6S/c1-3-5-18(6-4-2)11-13-34-24(32)29-22-16-28-25(36-22)35-17-20(30)15-27-12-14-33-21-9-7-19(8-10-21)23(26)31/h7-10,16,18,20,27,30H,3-6,11-15,17H2,1-2H3,(H2,26,31)(H,29,32). The highest BCUT2D eigenvalue weighted by Gasteiger charge is 2.12. The molecule has 2 rings (SSSR count). The molecule has 0 saturated carbocycles. The number of aliphatic hydroxyl groups excluding tert-OH is 1. The third-order valence-corrected chi connectivity index (χ3v) is 6.15. The highest BCUT2D eigenvalue weighted by atomic mass is 32.1. The lowest BCUT2D eigenvalue weighted by Gasteiger charge is -2.14. The Morgan fingerprint density at radius 2 is 1.81 bits per heavy atom. The van der Waals surface area contributed by atoms with Crippen LogP contribution in [0.3, 0.4) is 0 Å². The molecule has 1 heterocycles. The minimum atomic E-state index is -0.746. The molecule has 200 valence electrons. The fraction of sp³-hybridized carbons (Fsp3) is 0.560. The van der Waals surface area contributed by atoms with E-state index in [4.69, 9.17) is 19.9 Å². The maximum atomic E-state index is 12.0. The lowest BCUT2D eigenvalue weighted by molar-refractivity contribution is 0.1000. The molecule has 0 aliphatic rings. The van der Waals surface area contributed by atoms with E-state index < -0.39 is 18.1 Å². The van der Waals surface area contributed by atoms with Crippen LogP contribution >= 0.6 is 11.3 Å². The second-order valence-electron chi connectivity index (χ2n) is 8.39. The highest BCUT2D eigenvalue weighted by Crippen LogP contribution is 2.25. The minimum Gasteiger partial charge on any atom is -0.492 e. The molecule has 5 N–H and O–H groups in total. The van der Waals surface area contributed by atoms with Gasteiger partial charge >= 0.3 is 6.09 Å². The fourth-order valence-corrected chi connectivity index (χ4v) is 4.20. The lowest BCUT2D eigenvalue weighted by Crippen LogP contribution is -2.33. The quantitative estimate of drug-likeness (QED) is 0.216. The third kappa shape index (κ3) is 11.7. The summed E-state index contributed by atoms with van der Waals surface area (Å²) in [7, 11) is 0. The van der Waals surface area contributed by atoms with E-state index in [1.807, 2.05) is 0 Å². The average Bonchev–Trinajstić information content (AvgIpc) is 3.30. The molecule has 1 atom stereocenters. The highest BCUT2D eigenvalue weighted by molar-refractivity contribution is 7.17. The maximum absolute atomic E-state index is 12.0. The molecule has 2 aromatic rings. The second kappa shape index (κ2) is 16.7. The number of ether oxygens (including phenoxy) is 3. The van der Waals surface area contributed by atoms with E-state index in [0.717, 1.165) is 32.1 Å². The molecule has 36 heavy (non-hydrogen) atoms. The molecule has 10 nitrogen and oxygen atoms in total. The first-order chi connectivity index (χ1) is 17.4. The van der Waals surface area contributed by atoms with Gasteiger partial charge in [0.2, 0.25) is 5.91 Å². The van der Waals surface area contributed by atoms with Crippen LogP contribution in [0.2, 0.25) is 0 Å². The van der Waals surface area contributed by atoms with Gasteiger partial charge in [0.1, 0.15) is 30.1 Å². The van der Waals surface area contributed by atoms with Gasteiger partial charge in [0.25, 0.3) is 5.19 Å². The summed E-state index contributed by atoms with van der Waals surface area (Å²) in [5.74, 6) is 0.729. The topological polar surface area (TPSA) is 145 Å². The summed E-state index contributed by atoms with van der Waals surface area (Å²) in [5.41, 5.74) is 5.63. The van der Waals surface area contributed by atoms with Crippen LogP contribution in [0.15, 0.2) is 30.5 Å². The van der Waals surface area contributed by atoms with E-state index in [-0.39, 0.29) is 6.61 Å². The van der Waals surface area contributed by atoms with Gasteiger partial charge in [-0.3, -0.25) is 10.1 Å². The number of carbonyl (C=O) groups is 2. The summed E-state index contributed by atoms with van der Waals surface area (Å²) in [6.45, 7) is 5.99. The summed E-state index contributed by atoms with van der Waals surface area (Å²) in [6, 6.07) is 6.56. The fourth-order valence-electron chi connectivity index (χ4n) is 3.54. The summed E-state index contributed by atoms with van der Waals surface area (Å²) in [4.78, 5) is 27.2. The number of amides is 2. The number of thiazole rings is 1. The molecule has 0 saturated heterocycles. The largest absolute Gasteiger partial charge is 0.492 e. The van der Waals surface area contributed by atoms with Crippen LogP contribution in [0.4, 0.5) is 9.80 Å². The van der Waals surface area contributed by atoms with Gasteiger partial charge in [0, 0.05) is 18.7 Å². The molecule has 0 aliphatic heterocycles. The summed E-state index contributed by atoms with van der Waals surface area (Å²) in [5, 5.41) is 16.7. The normalized spacial score (nSPS) is 11.8. The van der Waals surface area contributed by atoms with Crippen molar-refractivity contribution in [2.45, 2.75) is 52.1 Å². The van der Waals surface area contributed by atoms with Gasteiger partial charge in [-0.1, -0.05) is 50.9 Å². The van der Waals surface area contributed by atoms with Crippen molar-refractivity contribution in [3.63, 3.8) is 0 Å². The van der Waals surface area contributed by atoms with Crippen LogP contribution in [0.1, 0.15) is 56.3 Å². The van der Waals surface area contributed by atoms with Gasteiger partial charge in [-0.15, -0.1) is 0 Å². The van der Waals surface area contributed by atoms with E-state index in [9.17, 15) is 14.7 Å². The number of carbonyl (C=O) groups excluding carboxylic acids is 2. The molecule has 0 aliphatic carbocycles. The first kappa shape index (κ1) is 29.3. The van der Waals surface area contributed by atoms with Gasteiger partial charge in [-0.2, -0.15) is 0 Å². The Bertz CT molecular complexity index is 902. The zero-order valence-electron chi connectivity index (χ0n) is 21.0. The zero-order chi connectivity index (χ0) is 26.2. The number of primary amides is 1. The van der Waals surface area contributed by atoms with Crippen molar-refractivity contribution < 1.29 is 28.9 Å². The van der Waals surface area contributed by atoms with Crippen LogP contribution in [0.25, 0.3) is 0 Å². The molecule has 0 bridgehead atoms. The van der Waals surface area contributed by atoms with Gasteiger partial charge in [0.05, 0.1) is 12.8 Å². The van der Waals surface area contributed by atoms with E-state index in [1.54, 1.807) is 24.3 Å². The SMILES string of the molecule is CCCC(CCC)CCOC(=O)Nc1cnc(OCC(O)CNCCOc2ccc(C(N)=O)cc2)s1. The predicted molar refractivity (Wildman–Crippen MR) is 140 cm³/mol. The third-order valence-electron chi connectivity index (χ3n) is 5.33. The molecular formula is C25H38N4O6S. The monoisotopic (exact) mass is 522 g/mol. The van der Waals surface area contributed by atoms with Crippen LogP contribution in [0.5, 0.6) is 10.9 Å². The molecular weight excluding hydrogens is 484 g/mol. The zero-order valence-corrected chi connectivity index (χ0v) is 21.9. The summed E-state index contributed by atoms with van der Waals surface area (Å²) < 4.78 is 16.4. The van der Waals surface area contributed by atoms with Crippen molar-refractivity contribution in [3.05, 3.63) is 36.0 Å². The Morgan fingerprint density at radius 1 is 1.08 bits per heavy atom. The van der Waals surface area contributed by atoms with Crippen molar-refractivity contribution >= 4 is 28.3 Å². The van der Waals surface area contributed by atoms with Crippen molar-refractivity contribution in [3.8, 4) is 10.9 Å². The van der Waals surface area contributed by atoms with E-state index in [1.165, 1.54) is 17.5 Å².